The van der Waals surface area contributed by atoms with Crippen LogP contribution in [-0.2, 0) is 0 Å². The summed E-state index contributed by atoms with van der Waals surface area (Å²) in [7, 11) is 0. The predicted molar refractivity (Wildman–Crippen MR) is 119 cm³/mol. The van der Waals surface area contributed by atoms with E-state index in [1.165, 1.54) is 0 Å². The Kier molecular flexibility index (Phi) is 4.51. The molecule has 1 aliphatic rings. The van der Waals surface area contributed by atoms with Crippen molar-refractivity contribution in [3.63, 3.8) is 0 Å². The third-order valence-corrected chi connectivity index (χ3v) is 5.78. The number of hydrogen-bond acceptors (Lipinski definition) is 2. The fourth-order valence-electron chi connectivity index (χ4n) is 4.20. The zero-order chi connectivity index (χ0) is 19.8. The molecule has 0 amide bonds. The zero-order valence-electron chi connectivity index (χ0n) is 16.0. The van der Waals surface area contributed by atoms with E-state index < -0.39 is 12.2 Å². The smallest absolute Gasteiger partial charge is 0.104 e. The molecule has 0 aromatic heterocycles. The average molecular weight is 378 g/mol. The van der Waals surface area contributed by atoms with E-state index in [9.17, 15) is 10.2 Å². The van der Waals surface area contributed by atoms with Crippen molar-refractivity contribution in [1.29, 1.82) is 0 Å². The summed E-state index contributed by atoms with van der Waals surface area (Å²) in [4.78, 5) is 0. The molecule has 142 valence electrons. The maximum atomic E-state index is 11.1. The molecular weight excluding hydrogens is 356 g/mol. The van der Waals surface area contributed by atoms with E-state index in [1.807, 2.05) is 72.8 Å². The minimum absolute atomic E-state index is 0.722. The predicted octanol–water partition coefficient (Wildman–Crippen LogP) is 6.02. The van der Waals surface area contributed by atoms with Gasteiger partial charge in [-0.2, -0.15) is 0 Å². The summed E-state index contributed by atoms with van der Waals surface area (Å²) in [5.41, 5.74) is 3.27. The molecule has 1 aliphatic carbocycles. The number of rotatable bonds is 4. The number of benzene rings is 4. The quantitative estimate of drug-likeness (QED) is 0.456. The van der Waals surface area contributed by atoms with Crippen LogP contribution >= 0.6 is 0 Å². The third kappa shape index (κ3) is 3.27. The number of allylic oxidation sites excluding steroid dienone is 2. The Bertz CT molecular complexity index is 1170. The van der Waals surface area contributed by atoms with Crippen LogP contribution in [0.25, 0.3) is 21.5 Å². The van der Waals surface area contributed by atoms with Gasteiger partial charge in [0.25, 0.3) is 0 Å². The summed E-state index contributed by atoms with van der Waals surface area (Å²) in [6, 6.07) is 28.3. The Morgan fingerprint density at radius 3 is 1.38 bits per heavy atom. The molecule has 29 heavy (non-hydrogen) atoms. The van der Waals surface area contributed by atoms with Crippen molar-refractivity contribution in [2.24, 2.45) is 0 Å². The minimum atomic E-state index is -0.761. The van der Waals surface area contributed by atoms with E-state index in [1.54, 1.807) is 0 Å². The van der Waals surface area contributed by atoms with E-state index in [4.69, 9.17) is 0 Å². The molecule has 4 aromatic carbocycles. The Balaban J connectivity index is 1.46. The molecule has 0 unspecified atom stereocenters. The number of aliphatic hydroxyl groups is 2. The molecule has 0 bridgehead atoms. The maximum Gasteiger partial charge on any atom is 0.104 e. The van der Waals surface area contributed by atoms with Gasteiger partial charge in [-0.15, -0.1) is 0 Å². The van der Waals surface area contributed by atoms with Crippen LogP contribution in [0.15, 0.2) is 108 Å². The molecule has 0 fully saturated rings. The van der Waals surface area contributed by atoms with E-state index in [0.717, 1.165) is 50.2 Å². The van der Waals surface area contributed by atoms with Gasteiger partial charge in [0.15, 0.2) is 0 Å². The Morgan fingerprint density at radius 2 is 0.931 bits per heavy atom. The van der Waals surface area contributed by atoms with Crippen LogP contribution in [0.5, 0.6) is 0 Å². The first-order chi connectivity index (χ1) is 14.2. The second-order valence-electron chi connectivity index (χ2n) is 7.57. The third-order valence-electron chi connectivity index (χ3n) is 5.78. The van der Waals surface area contributed by atoms with Crippen LogP contribution in [0, 0.1) is 0 Å². The first-order valence-electron chi connectivity index (χ1n) is 9.95. The highest BCUT2D eigenvalue weighted by Gasteiger charge is 2.26. The lowest BCUT2D eigenvalue weighted by molar-refractivity contribution is 0.192. The largest absolute Gasteiger partial charge is 0.384 e. The Labute approximate surface area is 170 Å². The minimum Gasteiger partial charge on any atom is -0.384 e. The SMILES string of the molecule is O[C@@H](C1=CCC=C1[C@H](O)c1ccc2ccccc2c1)c1ccc2ccccc2c1. The Hall–Kier alpha value is -3.20. The van der Waals surface area contributed by atoms with Crippen LogP contribution in [0.3, 0.4) is 0 Å². The molecule has 0 saturated carbocycles. The van der Waals surface area contributed by atoms with Gasteiger partial charge < -0.3 is 10.2 Å². The van der Waals surface area contributed by atoms with Crippen LogP contribution in [0.2, 0.25) is 0 Å². The van der Waals surface area contributed by atoms with Gasteiger partial charge in [0.05, 0.1) is 0 Å². The average Bonchev–Trinajstić information content (AvgIpc) is 3.27. The second-order valence-corrected chi connectivity index (χ2v) is 7.57. The lowest BCUT2D eigenvalue weighted by Gasteiger charge is -2.21. The summed E-state index contributed by atoms with van der Waals surface area (Å²) >= 11 is 0. The fraction of sp³-hybridized carbons (Fsp3) is 0.111. The van der Waals surface area contributed by atoms with E-state index in [0.29, 0.717) is 0 Å². The standard InChI is InChI=1S/C27H22O2/c28-26(22-14-12-18-6-1-3-8-20(18)16-22)24-10-5-11-25(24)27(29)23-15-13-19-7-2-4-9-21(19)17-23/h1-4,6-17,26-29H,5H2/t26-,27-/m1/s1. The van der Waals surface area contributed by atoms with Gasteiger partial charge in [-0.3, -0.25) is 0 Å². The highest BCUT2D eigenvalue weighted by molar-refractivity contribution is 5.84. The molecule has 0 spiro atoms. The summed E-state index contributed by atoms with van der Waals surface area (Å²) in [6.07, 6.45) is 3.23. The Morgan fingerprint density at radius 1 is 0.517 bits per heavy atom. The maximum absolute atomic E-state index is 11.1. The van der Waals surface area contributed by atoms with E-state index in [-0.39, 0.29) is 0 Å². The summed E-state index contributed by atoms with van der Waals surface area (Å²) < 4.78 is 0. The molecule has 0 saturated heterocycles. The van der Waals surface area contributed by atoms with Crippen LogP contribution < -0.4 is 0 Å². The van der Waals surface area contributed by atoms with Gasteiger partial charge >= 0.3 is 0 Å². The lowest BCUT2D eigenvalue weighted by Crippen LogP contribution is -2.09. The molecule has 2 nitrogen and oxygen atoms in total. The van der Waals surface area contributed by atoms with Crippen molar-refractivity contribution < 1.29 is 10.2 Å². The molecule has 0 aliphatic heterocycles. The van der Waals surface area contributed by atoms with Crippen LogP contribution in [0.4, 0.5) is 0 Å². The van der Waals surface area contributed by atoms with Gasteiger partial charge in [-0.05, 0) is 62.4 Å². The molecular formula is C27H22O2. The molecule has 4 aromatic rings. The lowest BCUT2D eigenvalue weighted by atomic mass is 9.90. The summed E-state index contributed by atoms with van der Waals surface area (Å²) in [5, 5.41) is 26.7. The molecule has 5 rings (SSSR count). The molecule has 0 heterocycles. The highest BCUT2D eigenvalue weighted by Crippen LogP contribution is 2.39. The fourth-order valence-corrected chi connectivity index (χ4v) is 4.20. The van der Waals surface area contributed by atoms with Gasteiger partial charge in [-0.1, -0.05) is 84.9 Å². The van der Waals surface area contributed by atoms with Crippen molar-refractivity contribution in [1.82, 2.24) is 0 Å². The van der Waals surface area contributed by atoms with Crippen molar-refractivity contribution in [2.45, 2.75) is 18.6 Å². The zero-order valence-corrected chi connectivity index (χ0v) is 16.0. The summed E-state index contributed by atoms with van der Waals surface area (Å²) in [6.45, 7) is 0. The van der Waals surface area contributed by atoms with Gasteiger partial charge in [0.2, 0.25) is 0 Å². The first kappa shape index (κ1) is 17.9. The first-order valence-corrected chi connectivity index (χ1v) is 9.95. The summed E-state index contributed by atoms with van der Waals surface area (Å²) in [5.74, 6) is 0. The number of aliphatic hydroxyl groups excluding tert-OH is 2. The topological polar surface area (TPSA) is 40.5 Å². The van der Waals surface area contributed by atoms with E-state index in [2.05, 4.69) is 24.3 Å². The van der Waals surface area contributed by atoms with Crippen LogP contribution in [0.1, 0.15) is 29.8 Å². The molecule has 2 atom stereocenters. The number of hydrogen-bond donors (Lipinski definition) is 2. The molecule has 2 N–H and O–H groups in total. The van der Waals surface area contributed by atoms with Crippen molar-refractivity contribution in [2.75, 3.05) is 0 Å². The van der Waals surface area contributed by atoms with Crippen molar-refractivity contribution >= 4 is 21.5 Å². The van der Waals surface area contributed by atoms with Gasteiger partial charge in [0, 0.05) is 0 Å². The van der Waals surface area contributed by atoms with Crippen LogP contribution in [-0.4, -0.2) is 10.2 Å². The van der Waals surface area contributed by atoms with Gasteiger partial charge in [0.1, 0.15) is 12.2 Å². The molecule has 0 radical (unpaired) electrons. The normalized spacial score (nSPS) is 15.9. The number of fused-ring (bicyclic) bond motifs is 2. The monoisotopic (exact) mass is 378 g/mol. The van der Waals surface area contributed by atoms with E-state index >= 15 is 0 Å². The van der Waals surface area contributed by atoms with Crippen molar-refractivity contribution in [3.8, 4) is 0 Å². The van der Waals surface area contributed by atoms with Crippen molar-refractivity contribution in [3.05, 3.63) is 119 Å². The molecule has 2 heteroatoms. The van der Waals surface area contributed by atoms with Gasteiger partial charge in [-0.25, -0.2) is 0 Å². The highest BCUT2D eigenvalue weighted by atomic mass is 16.3. The second kappa shape index (κ2) is 7.32.